The summed E-state index contributed by atoms with van der Waals surface area (Å²) in [7, 11) is 0. The first-order valence-electron chi connectivity index (χ1n) is 6.42. The van der Waals surface area contributed by atoms with E-state index in [9.17, 15) is 9.59 Å². The predicted octanol–water partition coefficient (Wildman–Crippen LogP) is 2.14. The minimum Gasteiger partial charge on any atom is -0.477 e. The topological polar surface area (TPSA) is 72.2 Å². The molecule has 104 valence electrons. The van der Waals surface area contributed by atoms with Crippen molar-refractivity contribution in [2.24, 2.45) is 0 Å². The summed E-state index contributed by atoms with van der Waals surface area (Å²) in [5, 5.41) is 10.6. The van der Waals surface area contributed by atoms with Gasteiger partial charge in [-0.15, -0.1) is 0 Å². The van der Waals surface area contributed by atoms with E-state index in [0.717, 1.165) is 5.39 Å². The summed E-state index contributed by atoms with van der Waals surface area (Å²) in [5.41, 5.74) is 0.327. The van der Waals surface area contributed by atoms with Gasteiger partial charge in [0, 0.05) is 23.3 Å². The Morgan fingerprint density at radius 3 is 2.76 bits per heavy atom. The molecule has 0 aliphatic rings. The Balaban J connectivity index is 2.09. The number of rotatable bonds is 3. The summed E-state index contributed by atoms with van der Waals surface area (Å²) in [5.74, 6) is -1.10. The number of aromatic carboxylic acids is 1. The third-order valence-electron chi connectivity index (χ3n) is 3.32. The molecular formula is C16H12N2O3. The lowest BCUT2D eigenvalue weighted by Gasteiger charge is -2.09. The molecule has 5 heteroatoms. The molecule has 0 aliphatic heterocycles. The van der Waals surface area contributed by atoms with Crippen molar-refractivity contribution in [1.82, 2.24) is 9.55 Å². The third-order valence-corrected chi connectivity index (χ3v) is 3.32. The number of fused-ring (bicyclic) bond motifs is 1. The first kappa shape index (κ1) is 13.1. The third kappa shape index (κ3) is 2.41. The maximum atomic E-state index is 12.4. The van der Waals surface area contributed by atoms with Crippen molar-refractivity contribution in [3.63, 3.8) is 0 Å². The second-order valence-electron chi connectivity index (χ2n) is 4.65. The Bertz CT molecular complexity index is 884. The fourth-order valence-electron chi connectivity index (χ4n) is 2.30. The molecule has 3 rings (SSSR count). The van der Waals surface area contributed by atoms with Gasteiger partial charge in [0.25, 0.3) is 5.56 Å². The van der Waals surface area contributed by atoms with E-state index < -0.39 is 5.97 Å². The van der Waals surface area contributed by atoms with Crippen molar-refractivity contribution in [3.8, 4) is 0 Å². The van der Waals surface area contributed by atoms with Crippen LogP contribution in [0.15, 0.2) is 59.7 Å². The minimum absolute atomic E-state index is 0.0300. The van der Waals surface area contributed by atoms with Gasteiger partial charge in [0.15, 0.2) is 5.69 Å². The Morgan fingerprint density at radius 1 is 1.14 bits per heavy atom. The fourth-order valence-corrected chi connectivity index (χ4v) is 2.30. The van der Waals surface area contributed by atoms with Gasteiger partial charge in [0.05, 0.1) is 6.54 Å². The lowest BCUT2D eigenvalue weighted by Crippen LogP contribution is -2.21. The molecule has 0 saturated heterocycles. The second kappa shape index (κ2) is 5.20. The Labute approximate surface area is 120 Å². The highest BCUT2D eigenvalue weighted by Crippen LogP contribution is 2.11. The zero-order valence-electron chi connectivity index (χ0n) is 11.1. The average molecular weight is 280 g/mol. The average Bonchev–Trinajstić information content (AvgIpc) is 2.51. The number of hydrogen-bond donors (Lipinski definition) is 1. The van der Waals surface area contributed by atoms with E-state index in [0.29, 0.717) is 10.9 Å². The van der Waals surface area contributed by atoms with E-state index in [1.165, 1.54) is 10.8 Å². The highest BCUT2D eigenvalue weighted by atomic mass is 16.4. The summed E-state index contributed by atoms with van der Waals surface area (Å²) >= 11 is 0. The van der Waals surface area contributed by atoms with Crippen LogP contribution in [-0.2, 0) is 6.54 Å². The van der Waals surface area contributed by atoms with Gasteiger partial charge in [0.1, 0.15) is 0 Å². The van der Waals surface area contributed by atoms with Crippen LogP contribution in [0, 0.1) is 0 Å². The number of carboxylic acids is 1. The Morgan fingerprint density at radius 2 is 1.95 bits per heavy atom. The van der Waals surface area contributed by atoms with Crippen molar-refractivity contribution in [2.75, 3.05) is 0 Å². The summed E-state index contributed by atoms with van der Waals surface area (Å²) < 4.78 is 1.49. The van der Waals surface area contributed by atoms with E-state index in [-0.39, 0.29) is 17.8 Å². The molecule has 0 radical (unpaired) electrons. The number of carboxylic acid groups (broad SMARTS) is 1. The maximum Gasteiger partial charge on any atom is 0.354 e. The molecule has 0 fully saturated rings. The number of carbonyl (C=O) groups is 1. The van der Waals surface area contributed by atoms with Crippen LogP contribution in [0.1, 0.15) is 16.1 Å². The first-order valence-corrected chi connectivity index (χ1v) is 6.42. The van der Waals surface area contributed by atoms with Gasteiger partial charge in [-0.25, -0.2) is 9.78 Å². The quantitative estimate of drug-likeness (QED) is 0.797. The molecular weight excluding hydrogens is 268 g/mol. The summed E-state index contributed by atoms with van der Waals surface area (Å²) in [6.07, 6.45) is 3.10. The van der Waals surface area contributed by atoms with Gasteiger partial charge in [0.2, 0.25) is 0 Å². The molecule has 2 heterocycles. The lowest BCUT2D eigenvalue weighted by atomic mass is 10.1. The van der Waals surface area contributed by atoms with E-state index in [2.05, 4.69) is 4.98 Å². The Kier molecular flexibility index (Phi) is 3.23. The van der Waals surface area contributed by atoms with Gasteiger partial charge >= 0.3 is 5.97 Å². The molecule has 0 unspecified atom stereocenters. The van der Waals surface area contributed by atoms with Crippen LogP contribution in [0.3, 0.4) is 0 Å². The number of hydrogen-bond acceptors (Lipinski definition) is 3. The van der Waals surface area contributed by atoms with Crippen LogP contribution >= 0.6 is 0 Å². The van der Waals surface area contributed by atoms with Gasteiger partial charge in [-0.3, -0.25) is 4.79 Å². The molecule has 5 nitrogen and oxygen atoms in total. The molecule has 2 aromatic heterocycles. The molecule has 3 aromatic rings. The molecule has 0 atom stereocenters. The molecule has 1 aromatic carbocycles. The minimum atomic E-state index is -1.10. The van der Waals surface area contributed by atoms with Gasteiger partial charge in [-0.2, -0.15) is 0 Å². The van der Waals surface area contributed by atoms with E-state index in [4.69, 9.17) is 5.11 Å². The molecule has 1 N–H and O–H groups in total. The molecule has 0 saturated carbocycles. The van der Waals surface area contributed by atoms with E-state index >= 15 is 0 Å². The number of benzene rings is 1. The molecule has 0 spiro atoms. The highest BCUT2D eigenvalue weighted by Gasteiger charge is 2.12. The zero-order valence-corrected chi connectivity index (χ0v) is 11.1. The highest BCUT2D eigenvalue weighted by molar-refractivity contribution is 5.87. The van der Waals surface area contributed by atoms with Crippen molar-refractivity contribution in [2.45, 2.75) is 6.54 Å². The van der Waals surface area contributed by atoms with Crippen LogP contribution < -0.4 is 5.56 Å². The number of aromatic nitrogens is 2. The normalized spacial score (nSPS) is 10.7. The number of pyridine rings is 2. The van der Waals surface area contributed by atoms with Crippen LogP contribution in [0.4, 0.5) is 0 Å². The molecule has 0 amide bonds. The van der Waals surface area contributed by atoms with Crippen LogP contribution in [-0.4, -0.2) is 20.6 Å². The smallest absolute Gasteiger partial charge is 0.354 e. The maximum absolute atomic E-state index is 12.4. The SMILES string of the molecule is O=C(O)c1ncccc1Cn1ccc2ccccc2c1=O. The van der Waals surface area contributed by atoms with Crippen LogP contribution in [0.5, 0.6) is 0 Å². The zero-order chi connectivity index (χ0) is 14.8. The predicted molar refractivity (Wildman–Crippen MR) is 78.5 cm³/mol. The lowest BCUT2D eigenvalue weighted by molar-refractivity contribution is 0.0689. The monoisotopic (exact) mass is 280 g/mol. The van der Waals surface area contributed by atoms with Crippen molar-refractivity contribution in [3.05, 3.63) is 76.5 Å². The summed E-state index contributed by atoms with van der Waals surface area (Å²) in [6.45, 7) is 0.180. The number of nitrogens with zero attached hydrogens (tertiary/aromatic N) is 2. The van der Waals surface area contributed by atoms with E-state index in [1.807, 2.05) is 18.2 Å². The molecule has 21 heavy (non-hydrogen) atoms. The standard InChI is InChI=1S/C16H12N2O3/c19-15-13-6-2-1-4-11(13)7-9-18(15)10-12-5-3-8-17-14(12)16(20)21/h1-9H,10H2,(H,20,21). The fraction of sp³-hybridized carbons (Fsp3) is 0.0625. The molecule has 0 aliphatic carbocycles. The largest absolute Gasteiger partial charge is 0.477 e. The van der Waals surface area contributed by atoms with Gasteiger partial charge < -0.3 is 9.67 Å². The van der Waals surface area contributed by atoms with Crippen LogP contribution in [0.2, 0.25) is 0 Å². The van der Waals surface area contributed by atoms with Crippen molar-refractivity contribution in [1.29, 1.82) is 0 Å². The Hall–Kier alpha value is -2.95. The van der Waals surface area contributed by atoms with Gasteiger partial charge in [-0.1, -0.05) is 24.3 Å². The summed E-state index contributed by atoms with van der Waals surface area (Å²) in [4.78, 5) is 27.4. The van der Waals surface area contributed by atoms with Crippen molar-refractivity contribution < 1.29 is 9.90 Å². The summed E-state index contributed by atoms with van der Waals surface area (Å²) in [6, 6.07) is 12.5. The second-order valence-corrected chi connectivity index (χ2v) is 4.65. The van der Waals surface area contributed by atoms with Crippen LogP contribution in [0.25, 0.3) is 10.8 Å². The molecule has 0 bridgehead atoms. The van der Waals surface area contributed by atoms with E-state index in [1.54, 1.807) is 30.5 Å². The van der Waals surface area contributed by atoms with Gasteiger partial charge in [-0.05, 0) is 23.6 Å². The van der Waals surface area contributed by atoms with Crippen molar-refractivity contribution >= 4 is 16.7 Å². The first-order chi connectivity index (χ1) is 10.2.